The van der Waals surface area contributed by atoms with E-state index in [1.807, 2.05) is 44.3 Å². The van der Waals surface area contributed by atoms with Gasteiger partial charge in [0.1, 0.15) is 4.90 Å². The Hall–Kier alpha value is -2.45. The molecule has 25 heavy (non-hydrogen) atoms. The number of aromatic nitrogens is 4. The summed E-state index contributed by atoms with van der Waals surface area (Å²) < 4.78 is 30.5. The van der Waals surface area contributed by atoms with Crippen molar-refractivity contribution in [1.82, 2.24) is 23.9 Å². The van der Waals surface area contributed by atoms with Gasteiger partial charge in [-0.3, -0.25) is 4.68 Å². The van der Waals surface area contributed by atoms with Crippen molar-refractivity contribution in [1.29, 1.82) is 0 Å². The van der Waals surface area contributed by atoms with Crippen LogP contribution in [-0.4, -0.2) is 38.8 Å². The lowest BCUT2D eigenvalue weighted by Crippen LogP contribution is -2.30. The summed E-state index contributed by atoms with van der Waals surface area (Å²) in [5.74, 6) is 0. The molecule has 0 bridgehead atoms. The Bertz CT molecular complexity index is 957. The van der Waals surface area contributed by atoms with Crippen LogP contribution in [0.1, 0.15) is 18.1 Å². The lowest BCUT2D eigenvalue weighted by Gasteiger charge is -2.18. The zero-order chi connectivity index (χ0) is 18.0. The summed E-state index contributed by atoms with van der Waals surface area (Å²) >= 11 is 0. The molecule has 3 aromatic rings. The molecular formula is C17H21N5O2S. The van der Waals surface area contributed by atoms with Crippen LogP contribution in [0.3, 0.4) is 0 Å². The molecule has 3 rings (SSSR count). The second-order valence-corrected chi connectivity index (χ2v) is 7.85. The van der Waals surface area contributed by atoms with E-state index in [0.717, 1.165) is 16.8 Å². The largest absolute Gasteiger partial charge is 0.275 e. The van der Waals surface area contributed by atoms with Crippen LogP contribution >= 0.6 is 0 Å². The first-order chi connectivity index (χ1) is 11.9. The van der Waals surface area contributed by atoms with Gasteiger partial charge in [-0.05, 0) is 19.1 Å². The van der Waals surface area contributed by atoms with Gasteiger partial charge in [0.05, 0.1) is 24.3 Å². The van der Waals surface area contributed by atoms with Crippen LogP contribution in [0, 0.1) is 6.92 Å². The van der Waals surface area contributed by atoms with Crippen LogP contribution in [-0.2, 0) is 23.6 Å². The average molecular weight is 359 g/mol. The molecule has 0 unspecified atom stereocenters. The minimum absolute atomic E-state index is 0.179. The van der Waals surface area contributed by atoms with Crippen LogP contribution in [0.5, 0.6) is 0 Å². The predicted molar refractivity (Wildman–Crippen MR) is 94.8 cm³/mol. The lowest BCUT2D eigenvalue weighted by molar-refractivity contribution is 0.423. The lowest BCUT2D eigenvalue weighted by atomic mass is 10.2. The monoisotopic (exact) mass is 359 g/mol. The van der Waals surface area contributed by atoms with E-state index >= 15 is 0 Å². The molecule has 0 radical (unpaired) electrons. The van der Waals surface area contributed by atoms with E-state index in [0.29, 0.717) is 6.54 Å². The summed E-state index contributed by atoms with van der Waals surface area (Å²) in [6, 6.07) is 7.75. The molecule has 8 heteroatoms. The van der Waals surface area contributed by atoms with Gasteiger partial charge in [0.15, 0.2) is 0 Å². The van der Waals surface area contributed by atoms with Gasteiger partial charge in [-0.2, -0.15) is 14.5 Å². The predicted octanol–water partition coefficient (Wildman–Crippen LogP) is 2.13. The Labute approximate surface area is 147 Å². The molecular weight excluding hydrogens is 338 g/mol. The molecule has 0 N–H and O–H groups in total. The SMILES string of the molecule is CCN(Cc1cnn(C)c1)S(=O)(=O)c1cnn(-c2ccc(C)cc2)c1. The fraction of sp³-hybridized carbons (Fsp3) is 0.294. The van der Waals surface area contributed by atoms with Crippen molar-refractivity contribution in [3.8, 4) is 5.69 Å². The average Bonchev–Trinajstić information content (AvgIpc) is 3.22. The summed E-state index contributed by atoms with van der Waals surface area (Å²) in [7, 11) is -1.82. The van der Waals surface area contributed by atoms with Gasteiger partial charge in [0.2, 0.25) is 10.0 Å². The Morgan fingerprint density at radius 1 is 1.08 bits per heavy atom. The van der Waals surface area contributed by atoms with Crippen LogP contribution < -0.4 is 0 Å². The number of benzene rings is 1. The zero-order valence-corrected chi connectivity index (χ0v) is 15.3. The fourth-order valence-electron chi connectivity index (χ4n) is 2.55. The minimum Gasteiger partial charge on any atom is -0.275 e. The number of hydrogen-bond donors (Lipinski definition) is 0. The molecule has 132 valence electrons. The Kier molecular flexibility index (Phi) is 4.73. The maximum atomic E-state index is 12.9. The molecule has 0 amide bonds. The Morgan fingerprint density at radius 2 is 1.80 bits per heavy atom. The number of aryl methyl sites for hydroxylation is 2. The molecule has 2 aromatic heterocycles. The van der Waals surface area contributed by atoms with E-state index in [9.17, 15) is 8.42 Å². The summed E-state index contributed by atoms with van der Waals surface area (Å²) in [6.45, 7) is 4.47. The number of nitrogens with zero attached hydrogens (tertiary/aromatic N) is 5. The van der Waals surface area contributed by atoms with E-state index in [4.69, 9.17) is 0 Å². The molecule has 2 heterocycles. The molecule has 0 aliphatic carbocycles. The Balaban J connectivity index is 1.87. The van der Waals surface area contributed by atoms with E-state index < -0.39 is 10.0 Å². The van der Waals surface area contributed by atoms with Crippen molar-refractivity contribution in [3.63, 3.8) is 0 Å². The zero-order valence-electron chi connectivity index (χ0n) is 14.5. The Morgan fingerprint density at radius 3 is 2.40 bits per heavy atom. The van der Waals surface area contributed by atoms with Crippen molar-refractivity contribution in [2.75, 3.05) is 6.54 Å². The summed E-state index contributed by atoms with van der Waals surface area (Å²) in [4.78, 5) is 0.179. The van der Waals surface area contributed by atoms with Crippen molar-refractivity contribution in [2.24, 2.45) is 7.05 Å². The minimum atomic E-state index is -3.62. The quantitative estimate of drug-likeness (QED) is 0.676. The highest BCUT2D eigenvalue weighted by Gasteiger charge is 2.25. The molecule has 0 atom stereocenters. The third kappa shape index (κ3) is 3.64. The second-order valence-electron chi connectivity index (χ2n) is 5.91. The van der Waals surface area contributed by atoms with Gasteiger partial charge in [-0.1, -0.05) is 24.6 Å². The van der Waals surface area contributed by atoms with E-state index in [2.05, 4.69) is 10.2 Å². The molecule has 1 aromatic carbocycles. The van der Waals surface area contributed by atoms with Crippen molar-refractivity contribution in [2.45, 2.75) is 25.3 Å². The standard InChI is InChI=1S/C17H21N5O2S/c1-4-21(12-15-9-18-20(3)11-15)25(23,24)17-10-19-22(13-17)16-7-5-14(2)6-8-16/h5-11,13H,4,12H2,1-3H3. The van der Waals surface area contributed by atoms with E-state index in [1.54, 1.807) is 28.8 Å². The number of sulfonamides is 1. The first kappa shape index (κ1) is 17.4. The smallest absolute Gasteiger partial charge is 0.246 e. The molecule has 0 aliphatic heterocycles. The highest BCUT2D eigenvalue weighted by atomic mass is 32.2. The van der Waals surface area contributed by atoms with Gasteiger partial charge < -0.3 is 0 Å². The van der Waals surface area contributed by atoms with Gasteiger partial charge in [-0.25, -0.2) is 13.1 Å². The summed E-state index contributed by atoms with van der Waals surface area (Å²) in [6.07, 6.45) is 6.43. The van der Waals surface area contributed by atoms with E-state index in [-0.39, 0.29) is 11.4 Å². The van der Waals surface area contributed by atoms with Crippen LogP contribution in [0.4, 0.5) is 0 Å². The highest BCUT2D eigenvalue weighted by Crippen LogP contribution is 2.19. The van der Waals surface area contributed by atoms with Crippen molar-refractivity contribution < 1.29 is 8.42 Å². The van der Waals surface area contributed by atoms with Gasteiger partial charge in [0, 0.05) is 31.9 Å². The highest BCUT2D eigenvalue weighted by molar-refractivity contribution is 7.89. The normalized spacial score (nSPS) is 12.0. The first-order valence-electron chi connectivity index (χ1n) is 7.99. The molecule has 0 aliphatic rings. The topological polar surface area (TPSA) is 73.0 Å². The molecule has 0 spiro atoms. The third-order valence-electron chi connectivity index (χ3n) is 3.97. The fourth-order valence-corrected chi connectivity index (χ4v) is 3.92. The van der Waals surface area contributed by atoms with Crippen LogP contribution in [0.25, 0.3) is 5.69 Å². The number of rotatable bonds is 6. The molecule has 7 nitrogen and oxygen atoms in total. The molecule has 0 fully saturated rings. The second kappa shape index (κ2) is 6.81. The first-order valence-corrected chi connectivity index (χ1v) is 9.43. The summed E-state index contributed by atoms with van der Waals surface area (Å²) in [5, 5.41) is 8.29. The number of hydrogen-bond acceptors (Lipinski definition) is 4. The summed E-state index contributed by atoms with van der Waals surface area (Å²) in [5.41, 5.74) is 2.80. The molecule has 0 saturated carbocycles. The maximum absolute atomic E-state index is 12.9. The van der Waals surface area contributed by atoms with Gasteiger partial charge in [-0.15, -0.1) is 0 Å². The van der Waals surface area contributed by atoms with E-state index in [1.165, 1.54) is 10.5 Å². The third-order valence-corrected chi connectivity index (χ3v) is 5.84. The van der Waals surface area contributed by atoms with Crippen molar-refractivity contribution in [3.05, 3.63) is 60.2 Å². The van der Waals surface area contributed by atoms with Crippen molar-refractivity contribution >= 4 is 10.0 Å². The maximum Gasteiger partial charge on any atom is 0.246 e. The van der Waals surface area contributed by atoms with Gasteiger partial charge in [0.25, 0.3) is 0 Å². The van der Waals surface area contributed by atoms with Gasteiger partial charge >= 0.3 is 0 Å². The molecule has 0 saturated heterocycles. The van der Waals surface area contributed by atoms with Crippen LogP contribution in [0.15, 0.2) is 53.9 Å². The van der Waals surface area contributed by atoms with Crippen LogP contribution in [0.2, 0.25) is 0 Å².